The number of nitrogens with zero attached hydrogens (tertiary/aromatic N) is 1. The molecule has 1 heterocycles. The van der Waals surface area contributed by atoms with Crippen molar-refractivity contribution in [3.63, 3.8) is 0 Å². The first-order valence-electron chi connectivity index (χ1n) is 7.41. The first kappa shape index (κ1) is 13.6. The lowest BCUT2D eigenvalue weighted by atomic mass is 9.96. The summed E-state index contributed by atoms with van der Waals surface area (Å²) < 4.78 is 5.29. The van der Waals surface area contributed by atoms with Gasteiger partial charge >= 0.3 is 0 Å². The molecule has 0 aromatic heterocycles. The molecule has 1 saturated heterocycles. The highest BCUT2D eigenvalue weighted by Crippen LogP contribution is 2.47. The van der Waals surface area contributed by atoms with Crippen LogP contribution in [-0.2, 0) is 14.9 Å². The van der Waals surface area contributed by atoms with Crippen LogP contribution in [0.1, 0.15) is 18.4 Å². The maximum Gasteiger partial charge on any atom is 0.234 e. The molecule has 0 unspecified atom stereocenters. The summed E-state index contributed by atoms with van der Waals surface area (Å²) >= 11 is 0. The summed E-state index contributed by atoms with van der Waals surface area (Å²) in [5.74, 6) is 0.133. The fourth-order valence-corrected chi connectivity index (χ4v) is 2.80. The Hall–Kier alpha value is -1.39. The average Bonchev–Trinajstić information content (AvgIpc) is 3.28. The second-order valence-electron chi connectivity index (χ2n) is 5.81. The second kappa shape index (κ2) is 5.94. The predicted octanol–water partition coefficient (Wildman–Crippen LogP) is 1.17. The van der Waals surface area contributed by atoms with Crippen molar-refractivity contribution < 1.29 is 9.53 Å². The molecule has 1 saturated carbocycles. The highest BCUT2D eigenvalue weighted by molar-refractivity contribution is 5.78. The Balaban J connectivity index is 1.48. The van der Waals surface area contributed by atoms with E-state index in [4.69, 9.17) is 4.74 Å². The zero-order valence-electron chi connectivity index (χ0n) is 11.8. The van der Waals surface area contributed by atoms with Crippen molar-refractivity contribution in [3.05, 3.63) is 35.9 Å². The Bertz CT molecular complexity index is 451. The van der Waals surface area contributed by atoms with Gasteiger partial charge in [0, 0.05) is 25.0 Å². The van der Waals surface area contributed by atoms with Gasteiger partial charge < -0.3 is 10.1 Å². The minimum Gasteiger partial charge on any atom is -0.379 e. The summed E-state index contributed by atoms with van der Waals surface area (Å²) in [6, 6.07) is 10.5. The molecule has 0 radical (unpaired) electrons. The van der Waals surface area contributed by atoms with Gasteiger partial charge in [-0.3, -0.25) is 9.69 Å². The largest absolute Gasteiger partial charge is 0.379 e. The molecule has 4 nitrogen and oxygen atoms in total. The maximum absolute atomic E-state index is 12.0. The van der Waals surface area contributed by atoms with Crippen LogP contribution >= 0.6 is 0 Å². The summed E-state index contributed by atoms with van der Waals surface area (Å²) in [6.07, 6.45) is 2.35. The van der Waals surface area contributed by atoms with E-state index in [1.807, 2.05) is 6.07 Å². The first-order chi connectivity index (χ1) is 9.78. The highest BCUT2D eigenvalue weighted by Gasteiger charge is 2.44. The van der Waals surface area contributed by atoms with Gasteiger partial charge in [0.15, 0.2) is 0 Å². The lowest BCUT2D eigenvalue weighted by Crippen LogP contribution is -2.44. The fraction of sp³-hybridized carbons (Fsp3) is 0.562. The fourth-order valence-electron chi connectivity index (χ4n) is 2.80. The summed E-state index contributed by atoms with van der Waals surface area (Å²) in [5, 5.41) is 3.11. The molecule has 0 spiro atoms. The zero-order valence-corrected chi connectivity index (χ0v) is 11.8. The number of rotatable bonds is 5. The molecular weight excluding hydrogens is 252 g/mol. The van der Waals surface area contributed by atoms with Crippen molar-refractivity contribution >= 4 is 5.91 Å². The molecule has 0 bridgehead atoms. The summed E-state index contributed by atoms with van der Waals surface area (Å²) in [6.45, 7) is 4.45. The van der Waals surface area contributed by atoms with Crippen molar-refractivity contribution in [2.75, 3.05) is 39.4 Å². The number of carbonyl (C=O) groups is 1. The van der Waals surface area contributed by atoms with E-state index in [1.54, 1.807) is 0 Å². The topological polar surface area (TPSA) is 41.6 Å². The van der Waals surface area contributed by atoms with E-state index in [0.717, 1.165) is 32.8 Å². The predicted molar refractivity (Wildman–Crippen MR) is 77.6 cm³/mol. The Morgan fingerprint density at radius 3 is 2.55 bits per heavy atom. The molecule has 2 fully saturated rings. The first-order valence-corrected chi connectivity index (χ1v) is 7.41. The van der Waals surface area contributed by atoms with E-state index in [2.05, 4.69) is 34.5 Å². The Kier molecular flexibility index (Phi) is 4.03. The van der Waals surface area contributed by atoms with E-state index in [9.17, 15) is 4.79 Å². The third-order valence-corrected chi connectivity index (χ3v) is 4.33. The number of amides is 1. The minimum atomic E-state index is 0.133. The highest BCUT2D eigenvalue weighted by atomic mass is 16.5. The van der Waals surface area contributed by atoms with E-state index in [1.165, 1.54) is 18.4 Å². The SMILES string of the molecule is O=C(CN1CCOCC1)NCC1(c2ccccc2)CC1. The molecule has 1 N–H and O–H groups in total. The molecule has 4 heteroatoms. The minimum absolute atomic E-state index is 0.133. The van der Waals surface area contributed by atoms with Gasteiger partial charge in [-0.25, -0.2) is 0 Å². The van der Waals surface area contributed by atoms with Crippen LogP contribution in [0, 0.1) is 0 Å². The van der Waals surface area contributed by atoms with Crippen LogP contribution in [0.3, 0.4) is 0 Å². The third kappa shape index (κ3) is 3.19. The number of morpholine rings is 1. The third-order valence-electron chi connectivity index (χ3n) is 4.33. The van der Waals surface area contributed by atoms with Crippen LogP contribution in [0.4, 0.5) is 0 Å². The van der Waals surface area contributed by atoms with Gasteiger partial charge in [0.1, 0.15) is 0 Å². The van der Waals surface area contributed by atoms with Gasteiger partial charge in [-0.15, -0.1) is 0 Å². The average molecular weight is 274 g/mol. The molecule has 2 aliphatic rings. The maximum atomic E-state index is 12.0. The standard InChI is InChI=1S/C16H22N2O2/c19-15(12-18-8-10-20-11-9-18)17-13-16(6-7-16)14-4-2-1-3-5-14/h1-5H,6-13H2,(H,17,19). The van der Waals surface area contributed by atoms with Crippen molar-refractivity contribution in [1.29, 1.82) is 0 Å². The number of carbonyl (C=O) groups excluding carboxylic acids is 1. The van der Waals surface area contributed by atoms with E-state index in [-0.39, 0.29) is 11.3 Å². The molecular formula is C16H22N2O2. The van der Waals surface area contributed by atoms with Crippen molar-refractivity contribution in [1.82, 2.24) is 10.2 Å². The van der Waals surface area contributed by atoms with Crippen LogP contribution in [0.15, 0.2) is 30.3 Å². The van der Waals surface area contributed by atoms with E-state index < -0.39 is 0 Å². The smallest absolute Gasteiger partial charge is 0.234 e. The van der Waals surface area contributed by atoms with Gasteiger partial charge in [0.25, 0.3) is 0 Å². The Labute approximate surface area is 120 Å². The number of ether oxygens (including phenoxy) is 1. The number of hydrogen-bond acceptors (Lipinski definition) is 3. The number of nitrogens with one attached hydrogen (secondary N) is 1. The number of benzene rings is 1. The van der Waals surface area contributed by atoms with Gasteiger partial charge in [-0.05, 0) is 18.4 Å². The van der Waals surface area contributed by atoms with Crippen molar-refractivity contribution in [3.8, 4) is 0 Å². The van der Waals surface area contributed by atoms with Crippen LogP contribution < -0.4 is 5.32 Å². The molecule has 1 amide bonds. The monoisotopic (exact) mass is 274 g/mol. The van der Waals surface area contributed by atoms with E-state index in [0.29, 0.717) is 6.54 Å². The van der Waals surface area contributed by atoms with Gasteiger partial charge in [-0.2, -0.15) is 0 Å². The Morgan fingerprint density at radius 1 is 1.20 bits per heavy atom. The molecule has 0 atom stereocenters. The number of hydrogen-bond donors (Lipinski definition) is 1. The molecule has 1 aliphatic heterocycles. The van der Waals surface area contributed by atoms with E-state index >= 15 is 0 Å². The molecule has 1 aromatic carbocycles. The van der Waals surface area contributed by atoms with Crippen LogP contribution in [0.5, 0.6) is 0 Å². The summed E-state index contributed by atoms with van der Waals surface area (Å²) in [4.78, 5) is 14.2. The van der Waals surface area contributed by atoms with Gasteiger partial charge in [0.05, 0.1) is 19.8 Å². The lowest BCUT2D eigenvalue weighted by molar-refractivity contribution is -0.123. The molecule has 3 rings (SSSR count). The van der Waals surface area contributed by atoms with Crippen LogP contribution in [-0.4, -0.2) is 50.2 Å². The summed E-state index contributed by atoms with van der Waals surface area (Å²) in [5.41, 5.74) is 1.55. The second-order valence-corrected chi connectivity index (χ2v) is 5.81. The van der Waals surface area contributed by atoms with Gasteiger partial charge in [0.2, 0.25) is 5.91 Å². The quantitative estimate of drug-likeness (QED) is 0.876. The molecule has 1 aliphatic carbocycles. The summed E-state index contributed by atoms with van der Waals surface area (Å²) in [7, 11) is 0. The molecule has 1 aromatic rings. The van der Waals surface area contributed by atoms with Crippen molar-refractivity contribution in [2.45, 2.75) is 18.3 Å². The normalized spacial score (nSPS) is 21.4. The van der Waals surface area contributed by atoms with Crippen LogP contribution in [0.25, 0.3) is 0 Å². The van der Waals surface area contributed by atoms with Crippen molar-refractivity contribution in [2.24, 2.45) is 0 Å². The molecule has 20 heavy (non-hydrogen) atoms. The Morgan fingerprint density at radius 2 is 1.90 bits per heavy atom. The lowest BCUT2D eigenvalue weighted by Gasteiger charge is -2.26. The molecule has 108 valence electrons. The zero-order chi connectivity index (χ0) is 13.8. The van der Waals surface area contributed by atoms with Crippen LogP contribution in [0.2, 0.25) is 0 Å². The van der Waals surface area contributed by atoms with Gasteiger partial charge in [-0.1, -0.05) is 30.3 Å².